The zero-order valence-corrected chi connectivity index (χ0v) is 11.6. The van der Waals surface area contributed by atoms with Crippen molar-refractivity contribution in [2.45, 2.75) is 13.5 Å². The molecule has 0 bridgehead atoms. The summed E-state index contributed by atoms with van der Waals surface area (Å²) in [7, 11) is 0. The fourth-order valence-electron chi connectivity index (χ4n) is 1.97. The highest BCUT2D eigenvalue weighted by molar-refractivity contribution is 7.99. The van der Waals surface area contributed by atoms with Crippen LogP contribution < -0.4 is 10.9 Å². The van der Waals surface area contributed by atoms with Crippen molar-refractivity contribution >= 4 is 17.6 Å². The van der Waals surface area contributed by atoms with Crippen LogP contribution in [-0.4, -0.2) is 52.1 Å². The van der Waals surface area contributed by atoms with Gasteiger partial charge in [-0.05, 0) is 6.92 Å². The van der Waals surface area contributed by atoms with Gasteiger partial charge < -0.3 is 9.88 Å². The van der Waals surface area contributed by atoms with Crippen molar-refractivity contribution in [3.8, 4) is 0 Å². The van der Waals surface area contributed by atoms with Crippen molar-refractivity contribution < 1.29 is 0 Å². The monoisotopic (exact) mass is 268 g/mol. The summed E-state index contributed by atoms with van der Waals surface area (Å²) in [5.41, 5.74) is -0.0331. The van der Waals surface area contributed by atoms with Crippen LogP contribution in [-0.2, 0) is 6.54 Å². The number of hydrogen-bond acceptors (Lipinski definition) is 5. The van der Waals surface area contributed by atoms with Crippen molar-refractivity contribution in [2.24, 2.45) is 0 Å². The average molecular weight is 268 g/mol. The van der Waals surface area contributed by atoms with Gasteiger partial charge in [-0.2, -0.15) is 11.8 Å². The summed E-state index contributed by atoms with van der Waals surface area (Å²) in [6.07, 6.45) is 3.39. The van der Waals surface area contributed by atoms with E-state index in [4.69, 9.17) is 0 Å². The average Bonchev–Trinajstić information content (AvgIpc) is 2.42. The molecule has 1 fully saturated rings. The maximum absolute atomic E-state index is 11.9. The van der Waals surface area contributed by atoms with Crippen LogP contribution in [0.15, 0.2) is 17.2 Å². The highest BCUT2D eigenvalue weighted by Gasteiger charge is 2.10. The SMILES string of the molecule is CCn1ccnc(NCCN2CCSCC2)c1=O. The van der Waals surface area contributed by atoms with Crippen molar-refractivity contribution in [2.75, 3.05) is 43.0 Å². The molecule has 0 saturated carbocycles. The van der Waals surface area contributed by atoms with Gasteiger partial charge in [0.25, 0.3) is 5.56 Å². The number of anilines is 1. The molecule has 0 aliphatic carbocycles. The number of nitrogens with one attached hydrogen (secondary N) is 1. The Morgan fingerprint density at radius 1 is 1.44 bits per heavy atom. The molecule has 6 heteroatoms. The van der Waals surface area contributed by atoms with Crippen LogP contribution >= 0.6 is 11.8 Å². The lowest BCUT2D eigenvalue weighted by atomic mass is 10.4. The molecule has 0 aromatic carbocycles. The van der Waals surface area contributed by atoms with Gasteiger partial charge >= 0.3 is 0 Å². The van der Waals surface area contributed by atoms with Crippen molar-refractivity contribution in [3.05, 3.63) is 22.7 Å². The van der Waals surface area contributed by atoms with Gasteiger partial charge in [0.15, 0.2) is 5.82 Å². The van der Waals surface area contributed by atoms with E-state index in [-0.39, 0.29) is 5.56 Å². The van der Waals surface area contributed by atoms with Gasteiger partial charge in [-0.25, -0.2) is 4.98 Å². The summed E-state index contributed by atoms with van der Waals surface area (Å²) in [6, 6.07) is 0. The van der Waals surface area contributed by atoms with Gasteiger partial charge in [0.2, 0.25) is 0 Å². The summed E-state index contributed by atoms with van der Waals surface area (Å²) in [5, 5.41) is 3.14. The molecule has 100 valence electrons. The van der Waals surface area contributed by atoms with Gasteiger partial charge in [-0.1, -0.05) is 0 Å². The molecule has 2 heterocycles. The minimum absolute atomic E-state index is 0.0331. The predicted octanol–water partition coefficient (Wildman–Crippen LogP) is 0.724. The standard InChI is InChI=1S/C12H20N4OS/c1-2-16-6-4-14-11(12(16)17)13-3-5-15-7-9-18-10-8-15/h4,6H,2-3,5,7-10H2,1H3,(H,13,14). The summed E-state index contributed by atoms with van der Waals surface area (Å²) in [5.74, 6) is 2.89. The topological polar surface area (TPSA) is 50.2 Å². The summed E-state index contributed by atoms with van der Waals surface area (Å²) >= 11 is 2.01. The van der Waals surface area contributed by atoms with Crippen LogP contribution in [0.25, 0.3) is 0 Å². The molecule has 1 aliphatic heterocycles. The molecule has 1 N–H and O–H groups in total. The Morgan fingerprint density at radius 2 is 2.22 bits per heavy atom. The van der Waals surface area contributed by atoms with E-state index in [1.165, 1.54) is 11.5 Å². The number of aromatic nitrogens is 2. The number of aryl methyl sites for hydroxylation is 1. The first-order chi connectivity index (χ1) is 8.81. The molecule has 2 rings (SSSR count). The Balaban J connectivity index is 1.84. The highest BCUT2D eigenvalue weighted by Crippen LogP contribution is 2.08. The maximum Gasteiger partial charge on any atom is 0.293 e. The van der Waals surface area contributed by atoms with Crippen LogP contribution in [0.2, 0.25) is 0 Å². The molecule has 1 saturated heterocycles. The normalized spacial score (nSPS) is 16.7. The van der Waals surface area contributed by atoms with Crippen molar-refractivity contribution in [1.29, 1.82) is 0 Å². The number of nitrogens with zero attached hydrogens (tertiary/aromatic N) is 3. The molecule has 1 aromatic rings. The second kappa shape index (κ2) is 6.80. The summed E-state index contributed by atoms with van der Waals surface area (Å²) < 4.78 is 1.66. The molecular weight excluding hydrogens is 248 g/mol. The van der Waals surface area contributed by atoms with Crippen LogP contribution in [0, 0.1) is 0 Å². The van der Waals surface area contributed by atoms with E-state index < -0.39 is 0 Å². The van der Waals surface area contributed by atoms with Crippen LogP contribution in [0.1, 0.15) is 6.92 Å². The lowest BCUT2D eigenvalue weighted by molar-refractivity contribution is 0.314. The first kappa shape index (κ1) is 13.4. The Morgan fingerprint density at radius 3 is 2.94 bits per heavy atom. The predicted molar refractivity (Wildman–Crippen MR) is 76.4 cm³/mol. The van der Waals surface area contributed by atoms with Crippen molar-refractivity contribution in [1.82, 2.24) is 14.5 Å². The third kappa shape index (κ3) is 3.49. The van der Waals surface area contributed by atoms with E-state index in [0.717, 1.165) is 26.2 Å². The van der Waals surface area contributed by atoms with Gasteiger partial charge in [-0.3, -0.25) is 9.69 Å². The Hall–Kier alpha value is -1.01. The third-order valence-electron chi connectivity index (χ3n) is 3.08. The molecule has 0 spiro atoms. The van der Waals surface area contributed by atoms with Gasteiger partial charge in [0.1, 0.15) is 0 Å². The molecule has 1 aromatic heterocycles. The summed E-state index contributed by atoms with van der Waals surface area (Å²) in [4.78, 5) is 18.4. The second-order valence-electron chi connectivity index (χ2n) is 4.25. The molecular formula is C12H20N4OS. The number of rotatable bonds is 5. The van der Waals surface area contributed by atoms with E-state index >= 15 is 0 Å². The zero-order valence-electron chi connectivity index (χ0n) is 10.8. The number of hydrogen-bond donors (Lipinski definition) is 1. The van der Waals surface area contributed by atoms with Crippen LogP contribution in [0.4, 0.5) is 5.82 Å². The minimum Gasteiger partial charge on any atom is -0.364 e. The molecule has 1 aliphatic rings. The fraction of sp³-hybridized carbons (Fsp3) is 0.667. The zero-order chi connectivity index (χ0) is 12.8. The molecule has 0 radical (unpaired) electrons. The van der Waals surface area contributed by atoms with E-state index in [0.29, 0.717) is 12.4 Å². The Bertz CT molecular complexity index is 428. The molecule has 5 nitrogen and oxygen atoms in total. The first-order valence-corrected chi connectivity index (χ1v) is 7.56. The van der Waals surface area contributed by atoms with Crippen molar-refractivity contribution in [3.63, 3.8) is 0 Å². The van der Waals surface area contributed by atoms with Gasteiger partial charge in [-0.15, -0.1) is 0 Å². The molecule has 0 unspecified atom stereocenters. The lowest BCUT2D eigenvalue weighted by Crippen LogP contribution is -2.36. The van der Waals surface area contributed by atoms with E-state index in [1.807, 2.05) is 18.7 Å². The van der Waals surface area contributed by atoms with Crippen LogP contribution in [0.3, 0.4) is 0 Å². The molecule has 18 heavy (non-hydrogen) atoms. The third-order valence-corrected chi connectivity index (χ3v) is 4.02. The summed E-state index contributed by atoms with van der Waals surface area (Å²) in [6.45, 7) is 6.68. The Labute approximate surface area is 112 Å². The molecule has 0 atom stereocenters. The maximum atomic E-state index is 11.9. The van der Waals surface area contributed by atoms with E-state index in [9.17, 15) is 4.79 Å². The fourth-order valence-corrected chi connectivity index (χ4v) is 2.95. The smallest absolute Gasteiger partial charge is 0.293 e. The quantitative estimate of drug-likeness (QED) is 0.853. The first-order valence-electron chi connectivity index (χ1n) is 6.40. The van der Waals surface area contributed by atoms with Gasteiger partial charge in [0.05, 0.1) is 0 Å². The largest absolute Gasteiger partial charge is 0.364 e. The van der Waals surface area contributed by atoms with Crippen LogP contribution in [0.5, 0.6) is 0 Å². The van der Waals surface area contributed by atoms with Gasteiger partial charge in [0, 0.05) is 56.6 Å². The second-order valence-corrected chi connectivity index (χ2v) is 5.47. The minimum atomic E-state index is -0.0331. The van der Waals surface area contributed by atoms with E-state index in [2.05, 4.69) is 15.2 Å². The Kier molecular flexibility index (Phi) is 5.07. The lowest BCUT2D eigenvalue weighted by Gasteiger charge is -2.26. The van der Waals surface area contributed by atoms with E-state index in [1.54, 1.807) is 17.0 Å². The highest BCUT2D eigenvalue weighted by atomic mass is 32.2. The molecule has 0 amide bonds. The number of thioether (sulfide) groups is 1.